The van der Waals surface area contributed by atoms with Crippen LogP contribution in [-0.2, 0) is 0 Å². The fourth-order valence-corrected chi connectivity index (χ4v) is 4.09. The van der Waals surface area contributed by atoms with E-state index < -0.39 is 0 Å². The minimum absolute atomic E-state index is 0.560. The SMILES string of the molecule is Cc1sc(-c2nc(-c3ccc4[nH]ccc4c3)no2)cc1-c1ccccc1. The van der Waals surface area contributed by atoms with Crippen molar-refractivity contribution >= 4 is 22.2 Å². The number of nitrogens with zero attached hydrogens (tertiary/aromatic N) is 2. The second-order valence-corrected chi connectivity index (χ2v) is 7.41. The first kappa shape index (κ1) is 15.1. The Bertz CT molecular complexity index is 1200. The number of hydrogen-bond donors (Lipinski definition) is 1. The van der Waals surface area contributed by atoms with Gasteiger partial charge in [0.25, 0.3) is 5.89 Å². The van der Waals surface area contributed by atoms with Gasteiger partial charge in [0.15, 0.2) is 0 Å². The fourth-order valence-electron chi connectivity index (χ4n) is 3.12. The summed E-state index contributed by atoms with van der Waals surface area (Å²) < 4.78 is 5.54. The lowest BCUT2D eigenvalue weighted by molar-refractivity contribution is 0.433. The van der Waals surface area contributed by atoms with Gasteiger partial charge in [-0.2, -0.15) is 4.98 Å². The number of thiophene rings is 1. The highest BCUT2D eigenvalue weighted by atomic mass is 32.1. The molecule has 0 amide bonds. The Morgan fingerprint density at radius 2 is 1.85 bits per heavy atom. The molecule has 3 heterocycles. The lowest BCUT2D eigenvalue weighted by Crippen LogP contribution is -1.80. The summed E-state index contributed by atoms with van der Waals surface area (Å²) in [6.07, 6.45) is 1.93. The summed E-state index contributed by atoms with van der Waals surface area (Å²) >= 11 is 1.67. The van der Waals surface area contributed by atoms with Crippen molar-refractivity contribution in [3.8, 4) is 33.3 Å². The van der Waals surface area contributed by atoms with Gasteiger partial charge in [-0.25, -0.2) is 0 Å². The topological polar surface area (TPSA) is 54.7 Å². The van der Waals surface area contributed by atoms with Crippen molar-refractivity contribution in [2.75, 3.05) is 0 Å². The molecule has 5 aromatic rings. The molecular formula is C21H15N3OS. The zero-order valence-corrected chi connectivity index (χ0v) is 14.9. The van der Waals surface area contributed by atoms with E-state index in [1.807, 2.05) is 42.6 Å². The van der Waals surface area contributed by atoms with Gasteiger partial charge in [-0.15, -0.1) is 11.3 Å². The molecule has 0 spiro atoms. The first-order valence-corrected chi connectivity index (χ1v) is 9.17. The molecule has 0 fully saturated rings. The van der Waals surface area contributed by atoms with Gasteiger partial charge in [-0.05, 0) is 48.4 Å². The largest absolute Gasteiger partial charge is 0.361 e. The molecule has 2 aromatic carbocycles. The molecule has 3 aromatic heterocycles. The van der Waals surface area contributed by atoms with Crippen LogP contribution in [0.1, 0.15) is 4.88 Å². The van der Waals surface area contributed by atoms with E-state index >= 15 is 0 Å². The molecule has 0 aliphatic rings. The zero-order valence-electron chi connectivity index (χ0n) is 14.1. The molecule has 0 aliphatic heterocycles. The molecule has 5 heteroatoms. The maximum absolute atomic E-state index is 5.54. The van der Waals surface area contributed by atoms with Crippen LogP contribution in [0.25, 0.3) is 44.2 Å². The molecule has 0 unspecified atom stereocenters. The average molecular weight is 357 g/mol. The number of hydrogen-bond acceptors (Lipinski definition) is 4. The van der Waals surface area contributed by atoms with E-state index in [1.165, 1.54) is 16.0 Å². The third kappa shape index (κ3) is 2.53. The molecular weight excluding hydrogens is 342 g/mol. The Morgan fingerprint density at radius 3 is 2.73 bits per heavy atom. The zero-order chi connectivity index (χ0) is 17.5. The van der Waals surface area contributed by atoms with Crippen LogP contribution < -0.4 is 0 Å². The normalized spacial score (nSPS) is 11.3. The van der Waals surface area contributed by atoms with Gasteiger partial charge >= 0.3 is 0 Å². The van der Waals surface area contributed by atoms with Crippen LogP contribution >= 0.6 is 11.3 Å². The second kappa shape index (κ2) is 5.97. The van der Waals surface area contributed by atoms with Crippen molar-refractivity contribution in [1.82, 2.24) is 15.1 Å². The highest BCUT2D eigenvalue weighted by molar-refractivity contribution is 7.15. The van der Waals surface area contributed by atoms with Crippen molar-refractivity contribution < 1.29 is 4.52 Å². The number of fused-ring (bicyclic) bond motifs is 1. The smallest absolute Gasteiger partial charge is 0.268 e. The molecule has 0 aliphatic carbocycles. The summed E-state index contributed by atoms with van der Waals surface area (Å²) in [5.41, 5.74) is 4.45. The van der Waals surface area contributed by atoms with Crippen molar-refractivity contribution in [2.45, 2.75) is 6.92 Å². The molecule has 5 rings (SSSR count). The highest BCUT2D eigenvalue weighted by Crippen LogP contribution is 2.36. The van der Waals surface area contributed by atoms with E-state index in [2.05, 4.69) is 46.3 Å². The predicted octanol–water partition coefficient (Wildman–Crippen LogP) is 5.92. The Morgan fingerprint density at radius 1 is 0.962 bits per heavy atom. The van der Waals surface area contributed by atoms with E-state index in [0.717, 1.165) is 21.3 Å². The van der Waals surface area contributed by atoms with Gasteiger partial charge < -0.3 is 9.51 Å². The Hall–Kier alpha value is -3.18. The van der Waals surface area contributed by atoms with Crippen molar-refractivity contribution in [2.24, 2.45) is 0 Å². The third-order valence-electron chi connectivity index (χ3n) is 4.45. The van der Waals surface area contributed by atoms with Crippen LogP contribution in [0.3, 0.4) is 0 Å². The molecule has 126 valence electrons. The number of rotatable bonds is 3. The summed E-state index contributed by atoms with van der Waals surface area (Å²) in [6, 6.07) is 20.6. The Balaban J connectivity index is 1.52. The van der Waals surface area contributed by atoms with Gasteiger partial charge in [-0.3, -0.25) is 0 Å². The average Bonchev–Trinajstić information content (AvgIpc) is 3.40. The van der Waals surface area contributed by atoms with Crippen molar-refractivity contribution in [3.05, 3.63) is 71.7 Å². The monoisotopic (exact) mass is 357 g/mol. The van der Waals surface area contributed by atoms with Crippen LogP contribution in [0.4, 0.5) is 0 Å². The van der Waals surface area contributed by atoms with E-state index in [9.17, 15) is 0 Å². The van der Waals surface area contributed by atoms with Gasteiger partial charge in [-0.1, -0.05) is 35.5 Å². The van der Waals surface area contributed by atoms with Crippen LogP contribution in [0.15, 0.2) is 71.4 Å². The van der Waals surface area contributed by atoms with E-state index in [-0.39, 0.29) is 0 Å². The number of aryl methyl sites for hydroxylation is 1. The summed E-state index contributed by atoms with van der Waals surface area (Å²) in [4.78, 5) is 10.0. The number of nitrogens with one attached hydrogen (secondary N) is 1. The predicted molar refractivity (Wildman–Crippen MR) is 105 cm³/mol. The van der Waals surface area contributed by atoms with E-state index in [4.69, 9.17) is 4.52 Å². The molecule has 0 saturated heterocycles. The number of benzene rings is 2. The number of H-pyrrole nitrogens is 1. The molecule has 0 bridgehead atoms. The highest BCUT2D eigenvalue weighted by Gasteiger charge is 2.16. The van der Waals surface area contributed by atoms with Gasteiger partial charge in [0, 0.05) is 27.5 Å². The first-order valence-electron chi connectivity index (χ1n) is 8.35. The molecule has 26 heavy (non-hydrogen) atoms. The summed E-state index contributed by atoms with van der Waals surface area (Å²) in [5.74, 6) is 1.17. The quantitative estimate of drug-likeness (QED) is 0.436. The lowest BCUT2D eigenvalue weighted by atomic mass is 10.1. The summed E-state index contributed by atoms with van der Waals surface area (Å²) in [6.45, 7) is 2.12. The van der Waals surface area contributed by atoms with E-state index in [0.29, 0.717) is 11.7 Å². The second-order valence-electron chi connectivity index (χ2n) is 6.15. The standard InChI is InChI=1S/C21H15N3OS/c1-13-17(14-5-3-2-4-6-14)12-19(26-13)21-23-20(24-25-21)16-7-8-18-15(11-16)9-10-22-18/h2-12,22H,1H3. The number of aromatic amines is 1. The summed E-state index contributed by atoms with van der Waals surface area (Å²) in [5, 5.41) is 5.31. The van der Waals surface area contributed by atoms with Crippen LogP contribution in [0, 0.1) is 6.92 Å². The van der Waals surface area contributed by atoms with Gasteiger partial charge in [0.2, 0.25) is 5.82 Å². The third-order valence-corrected chi connectivity index (χ3v) is 5.49. The molecule has 4 nitrogen and oxygen atoms in total. The van der Waals surface area contributed by atoms with Crippen LogP contribution in [-0.4, -0.2) is 15.1 Å². The van der Waals surface area contributed by atoms with Crippen molar-refractivity contribution in [1.29, 1.82) is 0 Å². The fraction of sp³-hybridized carbons (Fsp3) is 0.0476. The first-order chi connectivity index (χ1) is 12.8. The Labute approximate surface area is 154 Å². The van der Waals surface area contributed by atoms with Crippen LogP contribution in [0.2, 0.25) is 0 Å². The Kier molecular flexibility index (Phi) is 3.47. The maximum atomic E-state index is 5.54. The summed E-state index contributed by atoms with van der Waals surface area (Å²) in [7, 11) is 0. The number of aromatic nitrogens is 3. The minimum atomic E-state index is 0.560. The molecule has 1 N–H and O–H groups in total. The van der Waals surface area contributed by atoms with Gasteiger partial charge in [0.05, 0.1) is 4.88 Å². The lowest BCUT2D eigenvalue weighted by Gasteiger charge is -1.97. The molecule has 0 atom stereocenters. The van der Waals surface area contributed by atoms with Crippen molar-refractivity contribution in [3.63, 3.8) is 0 Å². The van der Waals surface area contributed by atoms with Gasteiger partial charge in [0.1, 0.15) is 0 Å². The maximum Gasteiger partial charge on any atom is 0.268 e. The minimum Gasteiger partial charge on any atom is -0.361 e. The van der Waals surface area contributed by atoms with Crippen LogP contribution in [0.5, 0.6) is 0 Å². The molecule has 0 saturated carbocycles. The molecule has 0 radical (unpaired) electrons. The van der Waals surface area contributed by atoms with E-state index in [1.54, 1.807) is 11.3 Å².